The van der Waals surface area contributed by atoms with E-state index in [-0.39, 0.29) is 5.41 Å². The van der Waals surface area contributed by atoms with Crippen LogP contribution in [0.15, 0.2) is 54.6 Å². The van der Waals surface area contributed by atoms with Crippen LogP contribution in [-0.2, 0) is 15.2 Å². The van der Waals surface area contributed by atoms with Gasteiger partial charge in [0.15, 0.2) is 0 Å². The highest BCUT2D eigenvalue weighted by molar-refractivity contribution is 5.40. The topological polar surface area (TPSA) is 47.9 Å². The fourth-order valence-corrected chi connectivity index (χ4v) is 4.97. The molecule has 5 unspecified atom stereocenters. The summed E-state index contributed by atoms with van der Waals surface area (Å²) < 4.78 is 5.77. The first-order chi connectivity index (χ1) is 13.4. The Balaban J connectivity index is 1.57. The van der Waals surface area contributed by atoms with Gasteiger partial charge in [0.1, 0.15) is 5.75 Å². The van der Waals surface area contributed by atoms with E-state index in [9.17, 15) is 5.11 Å². The number of benzene rings is 2. The number of aliphatic hydroxyl groups excluding tert-OH is 1. The fraction of sp³-hybridized carbons (Fsp3) is 0.500. The van der Waals surface area contributed by atoms with Crippen molar-refractivity contribution in [2.45, 2.75) is 59.0 Å². The highest BCUT2D eigenvalue weighted by atomic mass is 17.2. The lowest BCUT2D eigenvalue weighted by atomic mass is 9.81. The highest BCUT2D eigenvalue weighted by Gasteiger charge is 2.62. The van der Waals surface area contributed by atoms with Crippen LogP contribution in [0.1, 0.15) is 58.5 Å². The second-order valence-corrected chi connectivity index (χ2v) is 8.06. The Morgan fingerprint density at radius 3 is 2.14 bits per heavy atom. The molecule has 4 heteroatoms. The smallest absolute Gasteiger partial charge is 0.228 e. The van der Waals surface area contributed by atoms with Crippen molar-refractivity contribution in [3.05, 3.63) is 65.7 Å². The molecule has 1 saturated carbocycles. The van der Waals surface area contributed by atoms with E-state index >= 15 is 0 Å². The summed E-state index contributed by atoms with van der Waals surface area (Å²) in [5, 5.41) is 9.99. The van der Waals surface area contributed by atoms with Gasteiger partial charge in [0.25, 0.3) is 0 Å². The number of ether oxygens (including phenoxy) is 1. The molecular formula is C24H32O4. The van der Waals surface area contributed by atoms with E-state index in [1.807, 2.05) is 30.3 Å². The first-order valence-corrected chi connectivity index (χ1v) is 10.2. The highest BCUT2D eigenvalue weighted by Crippen LogP contribution is 2.65. The molecule has 0 amide bonds. The van der Waals surface area contributed by atoms with Gasteiger partial charge in [-0.2, -0.15) is 9.78 Å². The van der Waals surface area contributed by atoms with Gasteiger partial charge in [-0.05, 0) is 35.4 Å². The normalized spacial score (nSPS) is 26.1. The van der Waals surface area contributed by atoms with E-state index in [1.165, 1.54) is 12.0 Å². The molecule has 2 aromatic rings. The summed E-state index contributed by atoms with van der Waals surface area (Å²) in [6, 6.07) is 17.4. The SMILES string of the molecule is CCC1C(C)C1(c1ccc(OC(C)OOC(O)c2ccccc2)cc1)C(C)C. The molecule has 1 N–H and O–H groups in total. The van der Waals surface area contributed by atoms with Gasteiger partial charge in [-0.15, -0.1) is 0 Å². The quantitative estimate of drug-likeness (QED) is 0.346. The van der Waals surface area contributed by atoms with Crippen molar-refractivity contribution in [3.8, 4) is 5.75 Å². The number of aliphatic hydroxyl groups is 1. The molecule has 28 heavy (non-hydrogen) atoms. The molecule has 2 aromatic carbocycles. The fourth-order valence-electron chi connectivity index (χ4n) is 4.97. The van der Waals surface area contributed by atoms with Crippen LogP contribution in [0.3, 0.4) is 0 Å². The van der Waals surface area contributed by atoms with Gasteiger partial charge in [-0.1, -0.05) is 76.6 Å². The number of hydrogen-bond donors (Lipinski definition) is 1. The van der Waals surface area contributed by atoms with Crippen LogP contribution < -0.4 is 4.74 Å². The van der Waals surface area contributed by atoms with Crippen LogP contribution in [0.25, 0.3) is 0 Å². The lowest BCUT2D eigenvalue weighted by Crippen LogP contribution is -2.20. The zero-order valence-electron chi connectivity index (χ0n) is 17.5. The van der Waals surface area contributed by atoms with Crippen LogP contribution in [0.4, 0.5) is 0 Å². The monoisotopic (exact) mass is 384 g/mol. The van der Waals surface area contributed by atoms with Crippen LogP contribution >= 0.6 is 0 Å². The van der Waals surface area contributed by atoms with Crippen molar-refractivity contribution in [1.82, 2.24) is 0 Å². The maximum atomic E-state index is 9.99. The Kier molecular flexibility index (Phi) is 6.43. The van der Waals surface area contributed by atoms with Crippen molar-refractivity contribution < 1.29 is 19.6 Å². The summed E-state index contributed by atoms with van der Waals surface area (Å²) in [6.07, 6.45) is -0.585. The molecule has 3 rings (SSSR count). The van der Waals surface area contributed by atoms with Crippen molar-refractivity contribution in [2.24, 2.45) is 17.8 Å². The largest absolute Gasteiger partial charge is 0.462 e. The molecule has 152 valence electrons. The van der Waals surface area contributed by atoms with Gasteiger partial charge < -0.3 is 9.84 Å². The van der Waals surface area contributed by atoms with Crippen molar-refractivity contribution in [2.75, 3.05) is 0 Å². The molecule has 0 radical (unpaired) electrons. The van der Waals surface area contributed by atoms with Crippen LogP contribution in [0.2, 0.25) is 0 Å². The van der Waals surface area contributed by atoms with E-state index in [0.717, 1.165) is 5.92 Å². The van der Waals surface area contributed by atoms with Gasteiger partial charge in [0.2, 0.25) is 12.6 Å². The van der Waals surface area contributed by atoms with Gasteiger partial charge in [0, 0.05) is 17.9 Å². The second-order valence-electron chi connectivity index (χ2n) is 8.06. The molecule has 4 nitrogen and oxygen atoms in total. The molecule has 1 aliphatic rings. The summed E-state index contributed by atoms with van der Waals surface area (Å²) in [5.41, 5.74) is 2.29. The van der Waals surface area contributed by atoms with Gasteiger partial charge in [0.05, 0.1) is 0 Å². The zero-order chi connectivity index (χ0) is 20.3. The molecule has 0 spiro atoms. The number of hydrogen-bond acceptors (Lipinski definition) is 4. The summed E-state index contributed by atoms with van der Waals surface area (Å²) in [5.74, 6) is 2.78. The molecule has 0 aromatic heterocycles. The lowest BCUT2D eigenvalue weighted by molar-refractivity contribution is -0.418. The predicted molar refractivity (Wildman–Crippen MR) is 110 cm³/mol. The van der Waals surface area contributed by atoms with Gasteiger partial charge in [-0.3, -0.25) is 0 Å². The van der Waals surface area contributed by atoms with Crippen LogP contribution in [0.5, 0.6) is 5.75 Å². The molecule has 5 atom stereocenters. The molecule has 0 heterocycles. The average molecular weight is 385 g/mol. The summed E-state index contributed by atoms with van der Waals surface area (Å²) in [7, 11) is 0. The maximum Gasteiger partial charge on any atom is 0.228 e. The lowest BCUT2D eigenvalue weighted by Gasteiger charge is -2.24. The average Bonchev–Trinajstić information content (AvgIpc) is 3.32. The summed E-state index contributed by atoms with van der Waals surface area (Å²) in [6.45, 7) is 11.0. The van der Waals surface area contributed by atoms with Crippen molar-refractivity contribution in [1.29, 1.82) is 0 Å². The second kappa shape index (κ2) is 8.64. The number of rotatable bonds is 9. The molecule has 1 fully saturated rings. The molecule has 0 saturated heterocycles. The summed E-state index contributed by atoms with van der Waals surface area (Å²) >= 11 is 0. The van der Waals surface area contributed by atoms with E-state index < -0.39 is 12.6 Å². The zero-order valence-corrected chi connectivity index (χ0v) is 17.5. The Morgan fingerprint density at radius 1 is 0.964 bits per heavy atom. The van der Waals surface area contributed by atoms with Gasteiger partial charge in [-0.25, -0.2) is 0 Å². The summed E-state index contributed by atoms with van der Waals surface area (Å²) in [4.78, 5) is 10.2. The van der Waals surface area contributed by atoms with Crippen LogP contribution in [0, 0.1) is 17.8 Å². The third-order valence-electron chi connectivity index (χ3n) is 6.28. The Morgan fingerprint density at radius 2 is 1.61 bits per heavy atom. The van der Waals surface area contributed by atoms with Crippen LogP contribution in [-0.4, -0.2) is 11.4 Å². The van der Waals surface area contributed by atoms with E-state index in [2.05, 4.69) is 39.8 Å². The van der Waals surface area contributed by atoms with Crippen molar-refractivity contribution in [3.63, 3.8) is 0 Å². The Bertz CT molecular complexity index is 743. The first-order valence-electron chi connectivity index (χ1n) is 10.2. The van der Waals surface area contributed by atoms with Crippen molar-refractivity contribution >= 4 is 0 Å². The predicted octanol–water partition coefficient (Wildman–Crippen LogP) is 5.62. The molecule has 0 aliphatic heterocycles. The third-order valence-corrected chi connectivity index (χ3v) is 6.28. The van der Waals surface area contributed by atoms with E-state index in [4.69, 9.17) is 14.5 Å². The minimum Gasteiger partial charge on any atom is -0.462 e. The molecular weight excluding hydrogens is 352 g/mol. The maximum absolute atomic E-state index is 9.99. The third kappa shape index (κ3) is 3.95. The molecule has 1 aliphatic carbocycles. The minimum absolute atomic E-state index is 0.276. The Hall–Kier alpha value is -1.88. The van der Waals surface area contributed by atoms with E-state index in [1.54, 1.807) is 19.1 Å². The standard InChI is InChI=1S/C24H32O4/c1-6-22-17(4)24(22,16(2)3)20-12-14-21(15-13-20)26-18(5)27-28-23(25)19-10-8-7-9-11-19/h7-18,22-23,25H,6H2,1-5H3. The minimum atomic E-state index is -1.15. The first kappa shape index (κ1) is 20.8. The Labute approximate surface area is 168 Å². The molecule has 0 bridgehead atoms. The van der Waals surface area contributed by atoms with E-state index in [0.29, 0.717) is 23.1 Å². The van der Waals surface area contributed by atoms with Gasteiger partial charge >= 0.3 is 0 Å².